The number of hydrogen-bond acceptors (Lipinski definition) is 7. The number of aryl methyl sites for hydroxylation is 2. The van der Waals surface area contributed by atoms with E-state index in [2.05, 4.69) is 41.8 Å². The van der Waals surface area contributed by atoms with Gasteiger partial charge in [0.15, 0.2) is 5.82 Å². The van der Waals surface area contributed by atoms with Gasteiger partial charge in [-0.25, -0.2) is 4.98 Å². The van der Waals surface area contributed by atoms with Crippen molar-refractivity contribution >= 4 is 38.4 Å². The van der Waals surface area contributed by atoms with Crippen LogP contribution in [0.2, 0.25) is 0 Å². The van der Waals surface area contributed by atoms with Crippen LogP contribution in [0, 0.1) is 6.92 Å². The minimum atomic E-state index is -0.245. The molecular weight excluding hydrogens is 466 g/mol. The van der Waals surface area contributed by atoms with Crippen LogP contribution in [0.5, 0.6) is 5.75 Å². The first-order valence-electron chi connectivity index (χ1n) is 9.34. The zero-order chi connectivity index (χ0) is 22.0. The van der Waals surface area contributed by atoms with E-state index in [1.165, 1.54) is 15.6 Å². The summed E-state index contributed by atoms with van der Waals surface area (Å²) in [5.41, 5.74) is 1.57. The molecule has 2 heterocycles. The van der Waals surface area contributed by atoms with E-state index in [9.17, 15) is 9.59 Å². The van der Waals surface area contributed by atoms with E-state index in [1.54, 1.807) is 44.4 Å². The van der Waals surface area contributed by atoms with Crippen LogP contribution in [0.25, 0.3) is 16.6 Å². The second-order valence-corrected chi connectivity index (χ2v) is 7.64. The van der Waals surface area contributed by atoms with Crippen molar-refractivity contribution in [1.82, 2.24) is 29.8 Å². The van der Waals surface area contributed by atoms with Gasteiger partial charge in [0, 0.05) is 23.1 Å². The Morgan fingerprint density at radius 1 is 1.23 bits per heavy atom. The van der Waals surface area contributed by atoms with Crippen LogP contribution >= 0.6 is 15.9 Å². The Bertz CT molecular complexity index is 1330. The molecule has 31 heavy (non-hydrogen) atoms. The van der Waals surface area contributed by atoms with Crippen molar-refractivity contribution in [1.29, 1.82) is 0 Å². The standard InChI is InChI=1S/C20H18BrN7O3/c1-12-24-25-26-28(12)17-10-14(4-6-18(17)31-2)23-19(29)7-8-27-11-22-16-5-3-13(21)9-15(16)20(27)30/h3-6,9-11H,7-8H2,1-2H3,(H,23,29). The highest BCUT2D eigenvalue weighted by Gasteiger charge is 2.13. The Hall–Kier alpha value is -3.60. The summed E-state index contributed by atoms with van der Waals surface area (Å²) >= 11 is 3.36. The van der Waals surface area contributed by atoms with E-state index in [4.69, 9.17) is 4.74 Å². The zero-order valence-corrected chi connectivity index (χ0v) is 18.3. The summed E-state index contributed by atoms with van der Waals surface area (Å²) < 4.78 is 9.11. The lowest BCUT2D eigenvalue weighted by molar-refractivity contribution is -0.116. The van der Waals surface area contributed by atoms with Crippen LogP contribution in [0.3, 0.4) is 0 Å². The van der Waals surface area contributed by atoms with Gasteiger partial charge in [-0.3, -0.25) is 14.2 Å². The number of methoxy groups -OCH3 is 1. The molecule has 4 aromatic rings. The summed E-state index contributed by atoms with van der Waals surface area (Å²) in [6, 6.07) is 10.5. The number of carbonyl (C=O) groups is 1. The fraction of sp³-hybridized carbons (Fsp3) is 0.200. The van der Waals surface area contributed by atoms with Gasteiger partial charge >= 0.3 is 0 Å². The average molecular weight is 484 g/mol. The van der Waals surface area contributed by atoms with Crippen molar-refractivity contribution < 1.29 is 9.53 Å². The molecule has 2 aromatic heterocycles. The summed E-state index contributed by atoms with van der Waals surface area (Å²) in [5, 5.41) is 14.8. The maximum atomic E-state index is 12.7. The number of carbonyl (C=O) groups excluding carboxylic acids is 1. The van der Waals surface area contributed by atoms with Gasteiger partial charge in [0.2, 0.25) is 5.91 Å². The summed E-state index contributed by atoms with van der Waals surface area (Å²) in [4.78, 5) is 29.5. The molecular formula is C20H18BrN7O3. The second-order valence-electron chi connectivity index (χ2n) is 6.73. The summed E-state index contributed by atoms with van der Waals surface area (Å²) in [5.74, 6) is 0.899. The Kier molecular flexibility index (Phi) is 5.76. The van der Waals surface area contributed by atoms with E-state index < -0.39 is 0 Å². The quantitative estimate of drug-likeness (QED) is 0.447. The lowest BCUT2D eigenvalue weighted by atomic mass is 10.2. The fourth-order valence-electron chi connectivity index (χ4n) is 3.12. The van der Waals surface area contributed by atoms with Crippen LogP contribution < -0.4 is 15.6 Å². The smallest absolute Gasteiger partial charge is 0.261 e. The van der Waals surface area contributed by atoms with Crippen LogP contribution in [0.4, 0.5) is 5.69 Å². The Morgan fingerprint density at radius 3 is 2.81 bits per heavy atom. The van der Waals surface area contributed by atoms with Gasteiger partial charge in [0.1, 0.15) is 11.4 Å². The molecule has 158 valence electrons. The minimum absolute atomic E-state index is 0.104. The third kappa shape index (κ3) is 4.31. The second kappa shape index (κ2) is 8.64. The highest BCUT2D eigenvalue weighted by molar-refractivity contribution is 9.10. The zero-order valence-electron chi connectivity index (χ0n) is 16.7. The van der Waals surface area contributed by atoms with Crippen molar-refractivity contribution in [3.63, 3.8) is 0 Å². The van der Waals surface area contributed by atoms with Crippen molar-refractivity contribution in [3.8, 4) is 11.4 Å². The largest absolute Gasteiger partial charge is 0.494 e. The molecule has 0 spiro atoms. The highest BCUT2D eigenvalue weighted by Crippen LogP contribution is 2.26. The molecule has 0 aliphatic carbocycles. The molecule has 0 fully saturated rings. The predicted octanol–water partition coefficient (Wildman–Crippen LogP) is 2.48. The van der Waals surface area contributed by atoms with E-state index in [0.29, 0.717) is 33.9 Å². The van der Waals surface area contributed by atoms with Crippen molar-refractivity contribution in [2.45, 2.75) is 19.9 Å². The third-order valence-corrected chi connectivity index (χ3v) is 5.18. The summed E-state index contributed by atoms with van der Waals surface area (Å²) in [6.07, 6.45) is 1.56. The Labute approximate surface area is 185 Å². The van der Waals surface area contributed by atoms with Gasteiger partial charge in [-0.05, 0) is 53.7 Å². The van der Waals surface area contributed by atoms with Crippen molar-refractivity contribution in [2.24, 2.45) is 0 Å². The Balaban J connectivity index is 1.50. The lowest BCUT2D eigenvalue weighted by Crippen LogP contribution is -2.23. The van der Waals surface area contributed by atoms with Gasteiger partial charge in [0.05, 0.1) is 24.3 Å². The molecule has 0 aliphatic heterocycles. The van der Waals surface area contributed by atoms with E-state index in [0.717, 1.165) is 4.47 Å². The molecule has 4 rings (SSSR count). The molecule has 0 unspecified atom stereocenters. The monoisotopic (exact) mass is 483 g/mol. The molecule has 10 nitrogen and oxygen atoms in total. The van der Waals surface area contributed by atoms with Gasteiger partial charge in [-0.15, -0.1) is 5.10 Å². The van der Waals surface area contributed by atoms with Crippen LogP contribution in [-0.2, 0) is 11.3 Å². The van der Waals surface area contributed by atoms with Crippen molar-refractivity contribution in [2.75, 3.05) is 12.4 Å². The lowest BCUT2D eigenvalue weighted by Gasteiger charge is -2.12. The number of halogens is 1. The maximum absolute atomic E-state index is 12.7. The average Bonchev–Trinajstić information content (AvgIpc) is 3.19. The van der Waals surface area contributed by atoms with Crippen LogP contribution in [0.1, 0.15) is 12.2 Å². The predicted molar refractivity (Wildman–Crippen MR) is 117 cm³/mol. The normalized spacial score (nSPS) is 10.9. The van der Waals surface area contributed by atoms with Gasteiger partial charge in [-0.2, -0.15) is 4.68 Å². The van der Waals surface area contributed by atoms with Gasteiger partial charge in [-0.1, -0.05) is 15.9 Å². The van der Waals surface area contributed by atoms with Crippen LogP contribution in [-0.4, -0.2) is 42.8 Å². The van der Waals surface area contributed by atoms with Gasteiger partial charge in [0.25, 0.3) is 5.56 Å². The first kappa shape index (κ1) is 20.7. The Morgan fingerprint density at radius 2 is 2.06 bits per heavy atom. The topological polar surface area (TPSA) is 117 Å². The number of nitrogens with one attached hydrogen (secondary N) is 1. The number of amides is 1. The number of tetrazole rings is 1. The number of hydrogen-bond donors (Lipinski definition) is 1. The van der Waals surface area contributed by atoms with Crippen molar-refractivity contribution in [3.05, 3.63) is 63.4 Å². The number of aromatic nitrogens is 6. The number of anilines is 1. The first-order chi connectivity index (χ1) is 15.0. The fourth-order valence-corrected chi connectivity index (χ4v) is 3.48. The summed E-state index contributed by atoms with van der Waals surface area (Å²) in [6.45, 7) is 1.97. The van der Waals surface area contributed by atoms with E-state index >= 15 is 0 Å². The molecule has 0 atom stereocenters. The SMILES string of the molecule is COc1ccc(NC(=O)CCn2cnc3ccc(Br)cc3c2=O)cc1-n1nnnc1C. The number of nitrogens with zero attached hydrogens (tertiary/aromatic N) is 6. The molecule has 0 saturated heterocycles. The number of benzene rings is 2. The molecule has 2 aromatic carbocycles. The third-order valence-electron chi connectivity index (χ3n) is 4.68. The van der Waals surface area contributed by atoms with E-state index in [1.807, 2.05) is 6.07 Å². The number of fused-ring (bicyclic) bond motifs is 1. The maximum Gasteiger partial charge on any atom is 0.261 e. The molecule has 0 radical (unpaired) electrons. The molecule has 1 N–H and O–H groups in total. The molecule has 11 heteroatoms. The van der Waals surface area contributed by atoms with E-state index in [-0.39, 0.29) is 24.4 Å². The number of ether oxygens (including phenoxy) is 1. The minimum Gasteiger partial charge on any atom is -0.494 e. The molecule has 0 bridgehead atoms. The molecule has 0 aliphatic rings. The first-order valence-corrected chi connectivity index (χ1v) is 10.1. The van der Waals surface area contributed by atoms with Crippen LogP contribution in [0.15, 0.2) is 52.0 Å². The summed E-state index contributed by atoms with van der Waals surface area (Å²) in [7, 11) is 1.55. The van der Waals surface area contributed by atoms with Gasteiger partial charge < -0.3 is 10.1 Å². The molecule has 0 saturated carbocycles. The molecule has 1 amide bonds. The highest BCUT2D eigenvalue weighted by atomic mass is 79.9. The number of rotatable bonds is 6.